The summed E-state index contributed by atoms with van der Waals surface area (Å²) in [5.41, 5.74) is 8.15. The molecule has 0 bridgehead atoms. The molecule has 2 aromatic heterocycles. The van der Waals surface area contributed by atoms with E-state index >= 15 is 0 Å². The largest absolute Gasteiger partial charge is 0.461 e. The third-order valence-electron chi connectivity index (χ3n) is 4.34. The van der Waals surface area contributed by atoms with E-state index in [1.807, 2.05) is 32.0 Å². The van der Waals surface area contributed by atoms with Gasteiger partial charge in [0.25, 0.3) is 0 Å². The number of carbonyl (C=O) groups is 2. The third kappa shape index (κ3) is 5.05. The Balaban J connectivity index is 1.78. The molecule has 0 aliphatic heterocycles. The molecule has 29 heavy (non-hydrogen) atoms. The molecule has 8 nitrogen and oxygen atoms in total. The van der Waals surface area contributed by atoms with E-state index in [0.29, 0.717) is 23.3 Å². The lowest BCUT2D eigenvalue weighted by Crippen LogP contribution is -2.23. The molecule has 3 aromatic rings. The van der Waals surface area contributed by atoms with Crippen LogP contribution >= 0.6 is 11.8 Å². The second kappa shape index (κ2) is 8.95. The highest BCUT2D eigenvalue weighted by Crippen LogP contribution is 2.28. The Morgan fingerprint density at radius 2 is 2.07 bits per heavy atom. The molecule has 2 heterocycles. The number of hydrogen-bond acceptors (Lipinski definition) is 6. The minimum Gasteiger partial charge on any atom is -0.461 e. The van der Waals surface area contributed by atoms with Gasteiger partial charge in [-0.25, -0.2) is 0 Å². The molecular weight excluding hydrogens is 390 g/mol. The van der Waals surface area contributed by atoms with E-state index in [2.05, 4.69) is 15.5 Å². The number of thioether (sulfide) groups is 1. The molecule has 0 aliphatic rings. The van der Waals surface area contributed by atoms with Gasteiger partial charge < -0.3 is 15.5 Å². The van der Waals surface area contributed by atoms with Gasteiger partial charge in [-0.05, 0) is 50.1 Å². The summed E-state index contributed by atoms with van der Waals surface area (Å²) in [5, 5.41) is 11.4. The minimum absolute atomic E-state index is 0.127. The molecule has 9 heteroatoms. The topological polar surface area (TPSA) is 116 Å². The van der Waals surface area contributed by atoms with Crippen molar-refractivity contribution in [2.24, 2.45) is 5.73 Å². The van der Waals surface area contributed by atoms with Crippen molar-refractivity contribution in [2.45, 2.75) is 44.1 Å². The van der Waals surface area contributed by atoms with Gasteiger partial charge in [0.05, 0.1) is 11.5 Å². The van der Waals surface area contributed by atoms with E-state index in [0.717, 1.165) is 16.8 Å². The number of amides is 2. The normalized spacial score (nSPS) is 12.0. The Labute approximate surface area is 172 Å². The molecule has 0 fully saturated rings. The van der Waals surface area contributed by atoms with Gasteiger partial charge >= 0.3 is 0 Å². The number of benzene rings is 1. The molecule has 0 aliphatic carbocycles. The van der Waals surface area contributed by atoms with Gasteiger partial charge in [0.1, 0.15) is 0 Å². The smallest absolute Gasteiger partial charge is 0.237 e. The van der Waals surface area contributed by atoms with Crippen LogP contribution in [0.25, 0.3) is 11.6 Å². The number of nitrogens with two attached hydrogens (primary N) is 1. The van der Waals surface area contributed by atoms with E-state index in [4.69, 9.17) is 10.2 Å². The molecule has 2 amide bonds. The van der Waals surface area contributed by atoms with Crippen molar-refractivity contribution in [1.82, 2.24) is 14.8 Å². The van der Waals surface area contributed by atoms with Crippen LogP contribution in [0.3, 0.4) is 0 Å². The van der Waals surface area contributed by atoms with Crippen molar-refractivity contribution in [1.29, 1.82) is 0 Å². The fourth-order valence-corrected chi connectivity index (χ4v) is 3.58. The summed E-state index contributed by atoms with van der Waals surface area (Å²) in [5.74, 6) is 0.440. The number of nitrogens with one attached hydrogen (secondary N) is 1. The van der Waals surface area contributed by atoms with Gasteiger partial charge in [-0.1, -0.05) is 23.9 Å². The highest BCUT2D eigenvalue weighted by molar-refractivity contribution is 8.00. The third-order valence-corrected chi connectivity index (χ3v) is 5.42. The maximum absolute atomic E-state index is 12.7. The van der Waals surface area contributed by atoms with Gasteiger partial charge in [0, 0.05) is 18.7 Å². The number of aromatic nitrogens is 3. The van der Waals surface area contributed by atoms with E-state index < -0.39 is 11.2 Å². The number of primary amides is 1. The van der Waals surface area contributed by atoms with Crippen LogP contribution in [0.1, 0.15) is 24.5 Å². The summed E-state index contributed by atoms with van der Waals surface area (Å²) in [6.45, 7) is 6.02. The Kier molecular flexibility index (Phi) is 6.38. The maximum Gasteiger partial charge on any atom is 0.237 e. The highest BCUT2D eigenvalue weighted by Gasteiger charge is 2.22. The van der Waals surface area contributed by atoms with Crippen LogP contribution < -0.4 is 11.1 Å². The van der Waals surface area contributed by atoms with Crippen molar-refractivity contribution >= 4 is 29.3 Å². The zero-order chi connectivity index (χ0) is 21.0. The van der Waals surface area contributed by atoms with Crippen molar-refractivity contribution in [3.63, 3.8) is 0 Å². The standard InChI is InChI=1S/C20H23N5O3S/c1-12-6-7-13(2)15(11-12)22-19(27)14(3)29-20-24-23-18(16-5-4-10-28-16)25(20)9-8-17(21)26/h4-7,10-11,14H,8-9H2,1-3H3,(H2,21,26)(H,22,27)/t14-/m0/s1. The molecule has 0 radical (unpaired) electrons. The van der Waals surface area contributed by atoms with E-state index in [1.165, 1.54) is 18.0 Å². The summed E-state index contributed by atoms with van der Waals surface area (Å²) in [4.78, 5) is 24.0. The first-order valence-corrected chi connectivity index (χ1v) is 10.0. The number of furan rings is 1. The minimum atomic E-state index is -0.434. The maximum atomic E-state index is 12.7. The zero-order valence-electron chi connectivity index (χ0n) is 16.5. The zero-order valence-corrected chi connectivity index (χ0v) is 17.3. The Morgan fingerprint density at radius 1 is 1.28 bits per heavy atom. The van der Waals surface area contributed by atoms with Crippen LogP contribution in [0.2, 0.25) is 0 Å². The lowest BCUT2D eigenvalue weighted by Gasteiger charge is -2.14. The Morgan fingerprint density at radius 3 is 2.76 bits per heavy atom. The van der Waals surface area contributed by atoms with Crippen LogP contribution in [-0.2, 0) is 16.1 Å². The molecule has 152 valence electrons. The van der Waals surface area contributed by atoms with Crippen molar-refractivity contribution < 1.29 is 14.0 Å². The van der Waals surface area contributed by atoms with Crippen molar-refractivity contribution in [3.05, 3.63) is 47.7 Å². The molecule has 0 saturated carbocycles. The second-order valence-electron chi connectivity index (χ2n) is 6.72. The predicted octanol–water partition coefficient (Wildman–Crippen LogP) is 3.15. The van der Waals surface area contributed by atoms with Crippen molar-refractivity contribution in [3.8, 4) is 11.6 Å². The molecule has 0 unspecified atom stereocenters. The number of anilines is 1. The summed E-state index contributed by atoms with van der Waals surface area (Å²) < 4.78 is 7.15. The van der Waals surface area contributed by atoms with Crippen LogP contribution in [0.15, 0.2) is 46.2 Å². The van der Waals surface area contributed by atoms with Crippen LogP contribution in [0.4, 0.5) is 5.69 Å². The van der Waals surface area contributed by atoms with Gasteiger partial charge in [-0.2, -0.15) is 0 Å². The van der Waals surface area contributed by atoms with Gasteiger partial charge in [0.15, 0.2) is 16.7 Å². The fraction of sp³-hybridized carbons (Fsp3) is 0.300. The summed E-state index contributed by atoms with van der Waals surface area (Å²) >= 11 is 1.26. The summed E-state index contributed by atoms with van der Waals surface area (Å²) in [7, 11) is 0. The van der Waals surface area contributed by atoms with Crippen LogP contribution in [-0.4, -0.2) is 31.8 Å². The second-order valence-corrected chi connectivity index (χ2v) is 8.03. The van der Waals surface area contributed by atoms with E-state index in [1.54, 1.807) is 23.6 Å². The SMILES string of the molecule is Cc1ccc(C)c(NC(=O)[C@H](C)Sc2nnc(-c3ccco3)n2CCC(N)=O)c1. The van der Waals surface area contributed by atoms with E-state index in [9.17, 15) is 9.59 Å². The van der Waals surface area contributed by atoms with Gasteiger partial charge in [-0.15, -0.1) is 10.2 Å². The number of carbonyl (C=O) groups excluding carboxylic acids is 2. The fourth-order valence-electron chi connectivity index (χ4n) is 2.70. The van der Waals surface area contributed by atoms with Gasteiger partial charge in [-0.3, -0.25) is 14.2 Å². The molecule has 3 N–H and O–H groups in total. The first-order chi connectivity index (χ1) is 13.8. The molecule has 0 spiro atoms. The molecule has 0 saturated heterocycles. The van der Waals surface area contributed by atoms with Gasteiger partial charge in [0.2, 0.25) is 11.8 Å². The lowest BCUT2D eigenvalue weighted by molar-refractivity contribution is -0.118. The average molecular weight is 414 g/mol. The molecule has 1 atom stereocenters. The van der Waals surface area contributed by atoms with E-state index in [-0.39, 0.29) is 12.3 Å². The first kappa shape index (κ1) is 20.7. The molecule has 1 aromatic carbocycles. The predicted molar refractivity (Wildman–Crippen MR) is 111 cm³/mol. The highest BCUT2D eigenvalue weighted by atomic mass is 32.2. The lowest BCUT2D eigenvalue weighted by atomic mass is 10.1. The average Bonchev–Trinajstić information content (AvgIpc) is 3.32. The monoisotopic (exact) mass is 413 g/mol. The number of hydrogen-bond donors (Lipinski definition) is 2. The Hall–Kier alpha value is -3.07. The molecule has 3 rings (SSSR count). The Bertz CT molecular complexity index is 1010. The first-order valence-electron chi connectivity index (χ1n) is 9.15. The number of aryl methyl sites for hydroxylation is 2. The number of rotatable bonds is 8. The van der Waals surface area contributed by atoms with Crippen LogP contribution in [0.5, 0.6) is 0 Å². The van der Waals surface area contributed by atoms with Crippen LogP contribution in [0, 0.1) is 13.8 Å². The quantitative estimate of drug-likeness (QED) is 0.548. The number of nitrogens with zero attached hydrogens (tertiary/aromatic N) is 3. The summed E-state index contributed by atoms with van der Waals surface area (Å²) in [6, 6.07) is 9.42. The van der Waals surface area contributed by atoms with Crippen molar-refractivity contribution in [2.75, 3.05) is 5.32 Å². The summed E-state index contributed by atoms with van der Waals surface area (Å²) in [6.07, 6.45) is 1.66. The molecular formula is C20H23N5O3S.